The standard InChI is InChI=1S/C18H19N5OS.ClH/c19-13-6-4-10-22(12-13)18(24)16-20-17(15-9-5-11-25-15)23(21-16)14-7-2-1-3-8-14;/h1-3,5,7-9,11,13H,4,6,10,12,19H2;1H. The summed E-state index contributed by atoms with van der Waals surface area (Å²) >= 11 is 1.58. The zero-order chi connectivity index (χ0) is 17.2. The van der Waals surface area contributed by atoms with Crippen molar-refractivity contribution in [2.45, 2.75) is 18.9 Å². The Kier molecular flexibility index (Phi) is 5.70. The SMILES string of the molecule is Cl.NC1CCCN(C(=O)c2nc(-c3cccs3)n(-c3ccccc3)n2)C1. The average Bonchev–Trinajstić information content (AvgIpc) is 3.31. The third-order valence-electron chi connectivity index (χ3n) is 4.29. The number of likely N-dealkylation sites (tertiary alicyclic amines) is 1. The minimum Gasteiger partial charge on any atom is -0.334 e. The number of benzene rings is 1. The average molecular weight is 390 g/mol. The van der Waals surface area contributed by atoms with Gasteiger partial charge in [-0.2, -0.15) is 0 Å². The Labute approximate surface area is 162 Å². The van der Waals surface area contributed by atoms with Crippen molar-refractivity contribution in [3.05, 3.63) is 53.7 Å². The summed E-state index contributed by atoms with van der Waals surface area (Å²) < 4.78 is 1.74. The predicted octanol–water partition coefficient (Wildman–Crippen LogP) is 2.98. The van der Waals surface area contributed by atoms with E-state index >= 15 is 0 Å². The number of amides is 1. The molecule has 0 spiro atoms. The van der Waals surface area contributed by atoms with Gasteiger partial charge in [0.25, 0.3) is 5.91 Å². The van der Waals surface area contributed by atoms with Crippen LogP contribution >= 0.6 is 23.7 Å². The van der Waals surface area contributed by atoms with Crippen LogP contribution in [-0.4, -0.2) is 44.7 Å². The zero-order valence-corrected chi connectivity index (χ0v) is 15.7. The Morgan fingerprint density at radius 2 is 2.00 bits per heavy atom. The third-order valence-corrected chi connectivity index (χ3v) is 5.15. The molecule has 26 heavy (non-hydrogen) atoms. The van der Waals surface area contributed by atoms with Crippen molar-refractivity contribution in [3.63, 3.8) is 0 Å². The summed E-state index contributed by atoms with van der Waals surface area (Å²) in [6, 6.07) is 13.7. The highest BCUT2D eigenvalue weighted by Crippen LogP contribution is 2.26. The molecule has 0 radical (unpaired) electrons. The maximum Gasteiger partial charge on any atom is 0.293 e. The predicted molar refractivity (Wildman–Crippen MR) is 105 cm³/mol. The molecule has 1 aromatic carbocycles. The van der Waals surface area contributed by atoms with E-state index in [2.05, 4.69) is 10.1 Å². The number of halogens is 1. The second-order valence-corrected chi connectivity index (χ2v) is 7.08. The minimum atomic E-state index is -0.150. The van der Waals surface area contributed by atoms with E-state index in [4.69, 9.17) is 5.73 Å². The van der Waals surface area contributed by atoms with Crippen molar-refractivity contribution in [1.82, 2.24) is 19.7 Å². The number of aromatic nitrogens is 3. The summed E-state index contributed by atoms with van der Waals surface area (Å²) in [7, 11) is 0. The summed E-state index contributed by atoms with van der Waals surface area (Å²) in [5, 5.41) is 6.51. The van der Waals surface area contributed by atoms with E-state index in [1.807, 2.05) is 47.8 Å². The number of rotatable bonds is 3. The number of piperidine rings is 1. The van der Waals surface area contributed by atoms with E-state index in [9.17, 15) is 4.79 Å². The molecule has 0 bridgehead atoms. The molecule has 1 saturated heterocycles. The Hall–Kier alpha value is -2.22. The summed E-state index contributed by atoms with van der Waals surface area (Å²) in [4.78, 5) is 20.1. The molecule has 6 nitrogen and oxygen atoms in total. The highest BCUT2D eigenvalue weighted by molar-refractivity contribution is 7.13. The van der Waals surface area contributed by atoms with Gasteiger partial charge in [-0.05, 0) is 36.4 Å². The van der Waals surface area contributed by atoms with Crippen molar-refractivity contribution in [2.75, 3.05) is 13.1 Å². The van der Waals surface area contributed by atoms with E-state index in [0.29, 0.717) is 18.9 Å². The molecule has 1 atom stereocenters. The number of carbonyl (C=O) groups excluding carboxylic acids is 1. The van der Waals surface area contributed by atoms with Crippen LogP contribution in [0, 0.1) is 0 Å². The van der Waals surface area contributed by atoms with Gasteiger partial charge in [0, 0.05) is 19.1 Å². The molecule has 3 heterocycles. The van der Waals surface area contributed by atoms with Crippen LogP contribution in [0.15, 0.2) is 47.8 Å². The zero-order valence-electron chi connectivity index (χ0n) is 14.1. The molecule has 1 aliphatic heterocycles. The number of hydrogen-bond donors (Lipinski definition) is 1. The van der Waals surface area contributed by atoms with Gasteiger partial charge in [0.2, 0.25) is 5.82 Å². The molecule has 2 aromatic heterocycles. The lowest BCUT2D eigenvalue weighted by atomic mass is 10.1. The first-order valence-corrected chi connectivity index (χ1v) is 9.21. The van der Waals surface area contributed by atoms with Crippen molar-refractivity contribution < 1.29 is 4.79 Å². The van der Waals surface area contributed by atoms with Crippen LogP contribution in [0.1, 0.15) is 23.5 Å². The lowest BCUT2D eigenvalue weighted by Crippen LogP contribution is -2.46. The van der Waals surface area contributed by atoms with Gasteiger partial charge >= 0.3 is 0 Å². The molecule has 1 amide bonds. The maximum atomic E-state index is 12.8. The van der Waals surface area contributed by atoms with Gasteiger partial charge in [0.15, 0.2) is 5.82 Å². The third kappa shape index (κ3) is 3.65. The van der Waals surface area contributed by atoms with Crippen LogP contribution < -0.4 is 5.73 Å². The van der Waals surface area contributed by atoms with Gasteiger partial charge in [-0.3, -0.25) is 4.79 Å². The molecule has 1 unspecified atom stereocenters. The summed E-state index contributed by atoms with van der Waals surface area (Å²) in [5.74, 6) is 0.759. The second kappa shape index (κ2) is 7.99. The summed E-state index contributed by atoms with van der Waals surface area (Å²) in [6.45, 7) is 1.27. The highest BCUT2D eigenvalue weighted by Gasteiger charge is 2.27. The molecule has 136 valence electrons. The Bertz CT molecular complexity index is 865. The largest absolute Gasteiger partial charge is 0.334 e. The van der Waals surface area contributed by atoms with Crippen LogP contribution in [0.25, 0.3) is 16.4 Å². The number of para-hydroxylation sites is 1. The Morgan fingerprint density at radius 1 is 1.19 bits per heavy atom. The van der Waals surface area contributed by atoms with Gasteiger partial charge in [0.1, 0.15) is 0 Å². The maximum absolute atomic E-state index is 12.8. The molecule has 8 heteroatoms. The minimum absolute atomic E-state index is 0. The van der Waals surface area contributed by atoms with Crippen molar-refractivity contribution in [3.8, 4) is 16.4 Å². The molecule has 4 rings (SSSR count). The number of carbonyl (C=O) groups is 1. The molecular weight excluding hydrogens is 370 g/mol. The quantitative estimate of drug-likeness (QED) is 0.747. The topological polar surface area (TPSA) is 77.0 Å². The first kappa shape index (κ1) is 18.6. The molecule has 1 aliphatic rings. The lowest BCUT2D eigenvalue weighted by molar-refractivity contribution is 0.0696. The van der Waals surface area contributed by atoms with Crippen molar-refractivity contribution in [2.24, 2.45) is 5.73 Å². The van der Waals surface area contributed by atoms with Crippen LogP contribution in [0.2, 0.25) is 0 Å². The van der Waals surface area contributed by atoms with Gasteiger partial charge in [0.05, 0.1) is 10.6 Å². The van der Waals surface area contributed by atoms with Gasteiger partial charge < -0.3 is 10.6 Å². The van der Waals surface area contributed by atoms with Crippen LogP contribution in [0.4, 0.5) is 0 Å². The van der Waals surface area contributed by atoms with Crippen LogP contribution in [-0.2, 0) is 0 Å². The molecule has 0 aliphatic carbocycles. The van der Waals surface area contributed by atoms with Gasteiger partial charge in [-0.25, -0.2) is 9.67 Å². The molecule has 2 N–H and O–H groups in total. The summed E-state index contributed by atoms with van der Waals surface area (Å²) in [6.07, 6.45) is 1.88. The highest BCUT2D eigenvalue weighted by atomic mass is 35.5. The first-order chi connectivity index (χ1) is 12.2. The molecule has 3 aromatic rings. The fourth-order valence-corrected chi connectivity index (χ4v) is 3.75. The van der Waals surface area contributed by atoms with Crippen molar-refractivity contribution >= 4 is 29.7 Å². The number of hydrogen-bond acceptors (Lipinski definition) is 5. The van der Waals surface area contributed by atoms with E-state index in [0.717, 1.165) is 23.4 Å². The van der Waals surface area contributed by atoms with E-state index in [1.165, 1.54) is 0 Å². The first-order valence-electron chi connectivity index (χ1n) is 8.33. The molecule has 1 fully saturated rings. The smallest absolute Gasteiger partial charge is 0.293 e. The van der Waals surface area contributed by atoms with Crippen molar-refractivity contribution in [1.29, 1.82) is 0 Å². The number of nitrogens with two attached hydrogens (primary N) is 1. The normalized spacial score (nSPS) is 17.0. The Morgan fingerprint density at radius 3 is 2.69 bits per heavy atom. The van der Waals surface area contributed by atoms with Gasteiger partial charge in [-0.1, -0.05) is 24.3 Å². The van der Waals surface area contributed by atoms with Crippen LogP contribution in [0.5, 0.6) is 0 Å². The Balaban J connectivity index is 0.00000196. The molecule has 0 saturated carbocycles. The lowest BCUT2D eigenvalue weighted by Gasteiger charge is -2.29. The molecular formula is C18H20ClN5OS. The fraction of sp³-hybridized carbons (Fsp3) is 0.278. The summed E-state index contributed by atoms with van der Waals surface area (Å²) in [5.41, 5.74) is 6.89. The van der Waals surface area contributed by atoms with Gasteiger partial charge in [-0.15, -0.1) is 28.8 Å². The fourth-order valence-electron chi connectivity index (χ4n) is 3.05. The number of thiophene rings is 1. The second-order valence-electron chi connectivity index (χ2n) is 6.14. The number of nitrogens with zero attached hydrogens (tertiary/aromatic N) is 4. The van der Waals surface area contributed by atoms with E-state index in [-0.39, 0.29) is 30.2 Å². The van der Waals surface area contributed by atoms with Crippen LogP contribution in [0.3, 0.4) is 0 Å². The monoisotopic (exact) mass is 389 g/mol. The van der Waals surface area contributed by atoms with E-state index < -0.39 is 0 Å². The van der Waals surface area contributed by atoms with E-state index in [1.54, 1.807) is 20.9 Å².